The first-order chi connectivity index (χ1) is 14.6. The van der Waals surface area contributed by atoms with Crippen LogP contribution in [0.25, 0.3) is 0 Å². The Morgan fingerprint density at radius 3 is 2.33 bits per heavy atom. The van der Waals surface area contributed by atoms with E-state index in [2.05, 4.69) is 20.6 Å². The number of anilines is 3. The number of rotatable bonds is 10. The predicted molar refractivity (Wildman–Crippen MR) is 124 cm³/mol. The number of benzene rings is 2. The minimum Gasteiger partial charge on any atom is -0.497 e. The van der Waals surface area contributed by atoms with Gasteiger partial charge in [-0.25, -0.2) is 9.97 Å². The van der Waals surface area contributed by atoms with Crippen molar-refractivity contribution in [3.8, 4) is 11.5 Å². The van der Waals surface area contributed by atoms with Crippen molar-refractivity contribution >= 4 is 29.0 Å². The van der Waals surface area contributed by atoms with E-state index in [0.29, 0.717) is 6.54 Å². The number of nitrogens with zero attached hydrogens (tertiary/aromatic N) is 2. The fourth-order valence-electron chi connectivity index (χ4n) is 2.89. The Morgan fingerprint density at radius 2 is 1.70 bits per heavy atom. The second kappa shape index (κ2) is 10.6. The molecule has 0 unspecified atom stereocenters. The van der Waals surface area contributed by atoms with Crippen LogP contribution in [0.1, 0.15) is 11.1 Å². The number of methoxy groups -OCH3 is 2. The Balaban J connectivity index is 1.69. The summed E-state index contributed by atoms with van der Waals surface area (Å²) >= 11 is 1.52. The molecule has 3 rings (SSSR count). The van der Waals surface area contributed by atoms with Crippen LogP contribution in [0, 0.1) is 0 Å². The van der Waals surface area contributed by atoms with Crippen molar-refractivity contribution in [2.24, 2.45) is 0 Å². The van der Waals surface area contributed by atoms with Gasteiger partial charge in [0.2, 0.25) is 0 Å². The molecule has 0 aliphatic rings. The van der Waals surface area contributed by atoms with Gasteiger partial charge in [0.1, 0.15) is 17.3 Å². The molecule has 8 heteroatoms. The zero-order chi connectivity index (χ0) is 21.3. The molecule has 0 atom stereocenters. The SMILES string of the molecule is COc1cc(NCc2cnc(SC)nc2NCCc2ccc(N)cc2)cc(OC)c1. The standard InChI is InChI=1S/C22H27N5O2S/c1-28-19-10-18(11-20(12-19)29-2)25-13-16-14-26-22(30-3)27-21(16)24-9-8-15-4-6-17(23)7-5-15/h4-7,10-12,14,25H,8-9,13,23H2,1-3H3,(H,24,26,27). The van der Waals surface area contributed by atoms with Crippen LogP contribution in [0.15, 0.2) is 53.8 Å². The first-order valence-corrected chi connectivity index (χ1v) is 10.8. The van der Waals surface area contributed by atoms with Gasteiger partial charge in [0.15, 0.2) is 5.16 Å². The first kappa shape index (κ1) is 21.6. The van der Waals surface area contributed by atoms with Crippen molar-refractivity contribution < 1.29 is 9.47 Å². The molecule has 4 N–H and O–H groups in total. The summed E-state index contributed by atoms with van der Waals surface area (Å²) in [6, 6.07) is 13.6. The average molecular weight is 426 g/mol. The van der Waals surface area contributed by atoms with E-state index in [4.69, 9.17) is 15.2 Å². The van der Waals surface area contributed by atoms with Crippen molar-refractivity contribution in [2.75, 3.05) is 43.4 Å². The van der Waals surface area contributed by atoms with Gasteiger partial charge in [0, 0.05) is 54.4 Å². The van der Waals surface area contributed by atoms with Gasteiger partial charge in [-0.2, -0.15) is 0 Å². The monoisotopic (exact) mass is 425 g/mol. The molecule has 0 saturated carbocycles. The zero-order valence-electron chi connectivity index (χ0n) is 17.4. The van der Waals surface area contributed by atoms with Crippen molar-refractivity contribution in [2.45, 2.75) is 18.1 Å². The predicted octanol–water partition coefficient (Wildman–Crippen LogP) is 4.06. The minimum absolute atomic E-state index is 0.565. The summed E-state index contributed by atoms with van der Waals surface area (Å²) in [5.74, 6) is 2.28. The average Bonchev–Trinajstić information content (AvgIpc) is 2.79. The first-order valence-electron chi connectivity index (χ1n) is 9.56. The lowest BCUT2D eigenvalue weighted by molar-refractivity contribution is 0.394. The molecule has 7 nitrogen and oxygen atoms in total. The lowest BCUT2D eigenvalue weighted by Crippen LogP contribution is -2.12. The summed E-state index contributed by atoms with van der Waals surface area (Å²) in [5, 5.41) is 7.58. The second-order valence-electron chi connectivity index (χ2n) is 6.60. The number of nitrogen functional groups attached to an aromatic ring is 1. The fourth-order valence-corrected chi connectivity index (χ4v) is 3.23. The van der Waals surface area contributed by atoms with E-state index in [1.807, 2.05) is 54.9 Å². The maximum absolute atomic E-state index is 5.76. The zero-order valence-corrected chi connectivity index (χ0v) is 18.3. The molecule has 0 fully saturated rings. The van der Waals surface area contributed by atoms with Crippen LogP contribution in [-0.2, 0) is 13.0 Å². The summed E-state index contributed by atoms with van der Waals surface area (Å²) < 4.78 is 10.7. The van der Waals surface area contributed by atoms with Gasteiger partial charge in [-0.3, -0.25) is 0 Å². The van der Waals surface area contributed by atoms with Crippen LogP contribution in [0.4, 0.5) is 17.2 Å². The number of thioether (sulfide) groups is 1. The van der Waals surface area contributed by atoms with E-state index in [1.54, 1.807) is 14.2 Å². The van der Waals surface area contributed by atoms with Gasteiger partial charge in [-0.15, -0.1) is 0 Å². The lowest BCUT2D eigenvalue weighted by atomic mass is 10.1. The number of aromatic nitrogens is 2. The van der Waals surface area contributed by atoms with Gasteiger partial charge in [-0.05, 0) is 30.4 Å². The molecule has 30 heavy (non-hydrogen) atoms. The Labute approximate surface area is 181 Å². The van der Waals surface area contributed by atoms with E-state index < -0.39 is 0 Å². The van der Waals surface area contributed by atoms with Crippen molar-refractivity contribution in [3.05, 3.63) is 59.8 Å². The maximum Gasteiger partial charge on any atom is 0.189 e. The number of ether oxygens (including phenoxy) is 2. The number of nitrogens with two attached hydrogens (primary N) is 1. The molecule has 0 aliphatic carbocycles. The van der Waals surface area contributed by atoms with Crippen LogP contribution in [0.3, 0.4) is 0 Å². The normalized spacial score (nSPS) is 10.5. The molecular weight excluding hydrogens is 398 g/mol. The molecule has 0 bridgehead atoms. The van der Waals surface area contributed by atoms with E-state index >= 15 is 0 Å². The topological polar surface area (TPSA) is 94.3 Å². The van der Waals surface area contributed by atoms with Crippen LogP contribution >= 0.6 is 11.8 Å². The van der Waals surface area contributed by atoms with Crippen molar-refractivity contribution in [1.29, 1.82) is 0 Å². The summed E-state index contributed by atoms with van der Waals surface area (Å²) in [5.41, 5.74) is 9.63. The smallest absolute Gasteiger partial charge is 0.189 e. The second-order valence-corrected chi connectivity index (χ2v) is 7.38. The quantitative estimate of drug-likeness (QED) is 0.254. The summed E-state index contributed by atoms with van der Waals surface area (Å²) in [7, 11) is 3.27. The summed E-state index contributed by atoms with van der Waals surface area (Å²) in [4.78, 5) is 9.07. The molecule has 2 aromatic carbocycles. The number of hydrogen-bond donors (Lipinski definition) is 3. The molecule has 3 aromatic rings. The molecular formula is C22H27N5O2S. The molecule has 158 valence electrons. The fraction of sp³-hybridized carbons (Fsp3) is 0.273. The van der Waals surface area contributed by atoms with E-state index in [9.17, 15) is 0 Å². The van der Waals surface area contributed by atoms with Gasteiger partial charge in [0.25, 0.3) is 0 Å². The molecule has 0 saturated heterocycles. The van der Waals surface area contributed by atoms with E-state index in [0.717, 1.165) is 52.4 Å². The molecule has 0 aliphatic heterocycles. The molecule has 1 heterocycles. The van der Waals surface area contributed by atoms with Crippen LogP contribution in [-0.4, -0.2) is 37.0 Å². The van der Waals surface area contributed by atoms with Gasteiger partial charge in [-0.1, -0.05) is 23.9 Å². The highest BCUT2D eigenvalue weighted by molar-refractivity contribution is 7.98. The van der Waals surface area contributed by atoms with Gasteiger partial charge < -0.3 is 25.8 Å². The molecule has 0 radical (unpaired) electrons. The highest BCUT2D eigenvalue weighted by Gasteiger charge is 2.09. The minimum atomic E-state index is 0.565. The summed E-state index contributed by atoms with van der Waals surface area (Å²) in [6.07, 6.45) is 4.70. The Kier molecular flexibility index (Phi) is 7.62. The third kappa shape index (κ3) is 5.93. The molecule has 0 spiro atoms. The summed E-state index contributed by atoms with van der Waals surface area (Å²) in [6.45, 7) is 1.32. The maximum atomic E-state index is 5.76. The highest BCUT2D eigenvalue weighted by Crippen LogP contribution is 2.27. The highest BCUT2D eigenvalue weighted by atomic mass is 32.2. The van der Waals surface area contributed by atoms with Gasteiger partial charge in [0.05, 0.1) is 14.2 Å². The lowest BCUT2D eigenvalue weighted by Gasteiger charge is -2.14. The third-order valence-electron chi connectivity index (χ3n) is 4.55. The van der Waals surface area contributed by atoms with E-state index in [-0.39, 0.29) is 0 Å². The number of hydrogen-bond acceptors (Lipinski definition) is 8. The number of nitrogens with one attached hydrogen (secondary N) is 2. The van der Waals surface area contributed by atoms with Crippen LogP contribution in [0.5, 0.6) is 11.5 Å². The Hall–Kier alpha value is -3.13. The molecule has 0 amide bonds. The van der Waals surface area contributed by atoms with Crippen molar-refractivity contribution in [3.63, 3.8) is 0 Å². The Bertz CT molecular complexity index is 944. The van der Waals surface area contributed by atoms with E-state index in [1.165, 1.54) is 17.3 Å². The third-order valence-corrected chi connectivity index (χ3v) is 5.11. The van der Waals surface area contributed by atoms with Crippen LogP contribution in [0.2, 0.25) is 0 Å². The van der Waals surface area contributed by atoms with Crippen molar-refractivity contribution in [1.82, 2.24) is 9.97 Å². The largest absolute Gasteiger partial charge is 0.497 e. The van der Waals surface area contributed by atoms with Gasteiger partial charge >= 0.3 is 0 Å². The van der Waals surface area contributed by atoms with Crippen LogP contribution < -0.4 is 25.8 Å². The molecule has 1 aromatic heterocycles. The Morgan fingerprint density at radius 1 is 1.00 bits per heavy atom.